The number of benzene rings is 4. The first-order valence-corrected chi connectivity index (χ1v) is 18.7. The van der Waals surface area contributed by atoms with E-state index in [2.05, 4.69) is 149 Å². The van der Waals surface area contributed by atoms with E-state index in [1.54, 1.807) is 0 Å². The molecule has 0 radical (unpaired) electrons. The molecule has 0 aliphatic heterocycles. The van der Waals surface area contributed by atoms with Crippen LogP contribution in [0.25, 0.3) is 0 Å². The molecule has 0 aliphatic rings. The molecule has 0 bridgehead atoms. The molecule has 0 unspecified atom stereocenters. The molecule has 4 aromatic rings. The Balaban J connectivity index is 1.68. The Hall–Kier alpha value is -2.32. The first-order chi connectivity index (χ1) is 17.8. The van der Waals surface area contributed by atoms with Crippen LogP contribution in [0.15, 0.2) is 121 Å². The van der Waals surface area contributed by atoms with Gasteiger partial charge in [-0.1, -0.05) is 0 Å². The van der Waals surface area contributed by atoms with Gasteiger partial charge in [-0.05, 0) is 0 Å². The van der Waals surface area contributed by atoms with E-state index < -0.39 is 21.1 Å². The molecule has 0 N–H and O–H groups in total. The van der Waals surface area contributed by atoms with E-state index in [4.69, 9.17) is 5.63 Å². The van der Waals surface area contributed by atoms with Crippen molar-refractivity contribution in [3.63, 3.8) is 0 Å². The Bertz CT molecular complexity index is 1110. The molecule has 3 heteroatoms. The van der Waals surface area contributed by atoms with Gasteiger partial charge in [0.1, 0.15) is 0 Å². The summed E-state index contributed by atoms with van der Waals surface area (Å²) in [6.45, 7) is 10.4. The summed E-state index contributed by atoms with van der Waals surface area (Å²) in [6, 6.07) is 42.9. The Kier molecular flexibility index (Phi) is 9.35. The fourth-order valence-electron chi connectivity index (χ4n) is 4.69. The Morgan fingerprint density at radius 3 is 1.08 bits per heavy atom. The Morgan fingerprint density at radius 2 is 0.757 bits per heavy atom. The normalized spacial score (nSPS) is 12.4. The molecule has 0 spiro atoms. The second-order valence-electron chi connectivity index (χ2n) is 11.3. The molecular formula is C34H40O2Zr. The summed E-state index contributed by atoms with van der Waals surface area (Å²) in [5, 5.41) is 0. The van der Waals surface area contributed by atoms with Crippen LogP contribution in [-0.4, -0.2) is 13.2 Å². The van der Waals surface area contributed by atoms with E-state index in [0.29, 0.717) is 13.2 Å². The second kappa shape index (κ2) is 12.5. The van der Waals surface area contributed by atoms with Gasteiger partial charge in [0.2, 0.25) is 0 Å². The molecule has 0 fully saturated rings. The molecule has 2 nitrogen and oxygen atoms in total. The zero-order valence-corrected chi connectivity index (χ0v) is 25.1. The average Bonchev–Trinajstić information content (AvgIpc) is 2.93. The van der Waals surface area contributed by atoms with E-state index in [9.17, 15) is 0 Å². The van der Waals surface area contributed by atoms with Crippen molar-refractivity contribution in [1.82, 2.24) is 0 Å². The zero-order chi connectivity index (χ0) is 26.2. The van der Waals surface area contributed by atoms with Gasteiger partial charge in [0.25, 0.3) is 0 Å². The maximum absolute atomic E-state index is 7.18. The van der Waals surface area contributed by atoms with Crippen LogP contribution in [0, 0.1) is 0 Å². The Morgan fingerprint density at radius 1 is 0.459 bits per heavy atom. The van der Waals surface area contributed by atoms with Crippen LogP contribution in [0.1, 0.15) is 49.9 Å². The molecule has 0 heterocycles. The predicted octanol–water partition coefficient (Wildman–Crippen LogP) is 8.36. The van der Waals surface area contributed by atoms with E-state index in [0.717, 1.165) is 8.26 Å². The van der Waals surface area contributed by atoms with Crippen LogP contribution in [0.4, 0.5) is 0 Å². The van der Waals surface area contributed by atoms with Crippen molar-refractivity contribution in [2.24, 2.45) is 0 Å². The molecule has 37 heavy (non-hydrogen) atoms. The van der Waals surface area contributed by atoms with E-state index >= 15 is 0 Å². The van der Waals surface area contributed by atoms with Gasteiger partial charge in [0, 0.05) is 0 Å². The van der Waals surface area contributed by atoms with Crippen LogP contribution < -0.4 is 0 Å². The zero-order valence-electron chi connectivity index (χ0n) is 22.7. The van der Waals surface area contributed by atoms with E-state index in [1.165, 1.54) is 22.3 Å². The molecule has 0 atom stereocenters. The third kappa shape index (κ3) is 7.84. The van der Waals surface area contributed by atoms with Crippen LogP contribution in [-0.2, 0) is 45.9 Å². The molecule has 0 saturated carbocycles. The van der Waals surface area contributed by atoms with Crippen molar-refractivity contribution in [3.05, 3.63) is 144 Å². The first-order valence-electron chi connectivity index (χ1n) is 13.2. The molecular weight excluding hydrogens is 532 g/mol. The quantitative estimate of drug-likeness (QED) is 0.170. The summed E-state index contributed by atoms with van der Waals surface area (Å²) in [7, 11) is 0. The third-order valence-corrected chi connectivity index (χ3v) is 15.1. The average molecular weight is 572 g/mol. The van der Waals surface area contributed by atoms with Crippen molar-refractivity contribution in [1.29, 1.82) is 0 Å². The summed E-state index contributed by atoms with van der Waals surface area (Å²) in [5.41, 5.74) is 4.94. The maximum atomic E-state index is 7.18. The monoisotopic (exact) mass is 570 g/mol. The van der Waals surface area contributed by atoms with Gasteiger partial charge in [-0.15, -0.1) is 0 Å². The summed E-state index contributed by atoms with van der Waals surface area (Å²) < 4.78 is 16.1. The summed E-state index contributed by atoms with van der Waals surface area (Å²) in [6.07, 6.45) is 0. The SMILES string of the molecule is CC(C)(C[O][Zr]([CH2]c1ccccc1)([CH2]c1ccccc1)[O]CC(C)(C)c1ccccc1)c1ccccc1. The van der Waals surface area contributed by atoms with E-state index in [1.807, 2.05) is 0 Å². The Labute approximate surface area is 229 Å². The van der Waals surface area contributed by atoms with Gasteiger partial charge in [0.05, 0.1) is 0 Å². The summed E-state index contributed by atoms with van der Waals surface area (Å²) in [4.78, 5) is 0. The molecule has 0 amide bonds. The van der Waals surface area contributed by atoms with Gasteiger partial charge < -0.3 is 0 Å². The molecule has 192 valence electrons. The predicted molar refractivity (Wildman–Crippen MR) is 151 cm³/mol. The standard InChI is InChI=1S/2C10H13O.2C7H7.Zr/c2*1-10(2,8-11)9-6-4-3-5-7-9;2*1-7-5-3-2-4-6-7;/h2*3-7H,8H2,1-2H3;2*2-6H,1H2;/q2*-1;;;+2. The fraction of sp³-hybridized carbons (Fsp3) is 0.294. The molecule has 4 aromatic carbocycles. The summed E-state index contributed by atoms with van der Waals surface area (Å²) in [5.74, 6) is 0. The van der Waals surface area contributed by atoms with Crippen LogP contribution >= 0.6 is 0 Å². The van der Waals surface area contributed by atoms with Gasteiger partial charge in [-0.2, -0.15) is 0 Å². The topological polar surface area (TPSA) is 18.5 Å². The van der Waals surface area contributed by atoms with Gasteiger partial charge in [0.15, 0.2) is 0 Å². The van der Waals surface area contributed by atoms with Gasteiger partial charge in [-0.3, -0.25) is 0 Å². The molecule has 0 saturated heterocycles. The third-order valence-electron chi connectivity index (χ3n) is 7.14. The minimum absolute atomic E-state index is 0.116. The van der Waals surface area contributed by atoms with Gasteiger partial charge in [-0.25, -0.2) is 0 Å². The van der Waals surface area contributed by atoms with Crippen LogP contribution in [0.5, 0.6) is 0 Å². The fourth-order valence-corrected chi connectivity index (χ4v) is 13.5. The van der Waals surface area contributed by atoms with Crippen molar-refractivity contribution in [3.8, 4) is 0 Å². The molecule has 0 aliphatic carbocycles. The minimum atomic E-state index is -3.76. The number of rotatable bonds is 12. The van der Waals surface area contributed by atoms with Crippen molar-refractivity contribution in [2.75, 3.05) is 13.2 Å². The van der Waals surface area contributed by atoms with Crippen LogP contribution in [0.3, 0.4) is 0 Å². The second-order valence-corrected chi connectivity index (χ2v) is 18.9. The number of hydrogen-bond acceptors (Lipinski definition) is 2. The molecule has 0 aromatic heterocycles. The summed E-state index contributed by atoms with van der Waals surface area (Å²) >= 11 is -3.76. The van der Waals surface area contributed by atoms with Gasteiger partial charge >= 0.3 is 230 Å². The molecule has 4 rings (SSSR count). The first kappa shape index (κ1) is 27.7. The van der Waals surface area contributed by atoms with E-state index in [-0.39, 0.29) is 10.8 Å². The van der Waals surface area contributed by atoms with Crippen molar-refractivity contribution in [2.45, 2.75) is 46.8 Å². The van der Waals surface area contributed by atoms with Crippen LogP contribution in [0.2, 0.25) is 0 Å². The van der Waals surface area contributed by atoms with Crippen molar-refractivity contribution >= 4 is 0 Å². The van der Waals surface area contributed by atoms with Crippen molar-refractivity contribution < 1.29 is 26.8 Å². The number of hydrogen-bond donors (Lipinski definition) is 0.